The molecule has 1 aliphatic heterocycles. The molecule has 5 heteroatoms. The first-order valence-electron chi connectivity index (χ1n) is 7.99. The molecule has 0 aliphatic carbocycles. The van der Waals surface area contributed by atoms with Gasteiger partial charge < -0.3 is 15.3 Å². The first kappa shape index (κ1) is 16.0. The Morgan fingerprint density at radius 2 is 2.00 bits per heavy atom. The van der Waals surface area contributed by atoms with Crippen LogP contribution in [0.5, 0.6) is 0 Å². The molecule has 1 fully saturated rings. The van der Waals surface area contributed by atoms with Crippen molar-refractivity contribution in [3.8, 4) is 0 Å². The maximum atomic E-state index is 10.2. The number of nitrogens with zero attached hydrogens (tertiary/aromatic N) is 3. The van der Waals surface area contributed by atoms with Crippen LogP contribution in [0.3, 0.4) is 0 Å². The monoisotopic (exact) mass is 292 g/mol. The largest absolute Gasteiger partial charge is 0.390 e. The third-order valence-corrected chi connectivity index (χ3v) is 4.14. The van der Waals surface area contributed by atoms with Crippen molar-refractivity contribution >= 4 is 11.6 Å². The molecular weight excluding hydrogens is 264 g/mol. The summed E-state index contributed by atoms with van der Waals surface area (Å²) in [5.41, 5.74) is 0.559. The van der Waals surface area contributed by atoms with E-state index in [9.17, 15) is 5.11 Å². The Labute approximate surface area is 127 Å². The number of hydrogen-bond acceptors (Lipinski definition) is 5. The Hall–Kier alpha value is -1.36. The van der Waals surface area contributed by atoms with Gasteiger partial charge in [0.15, 0.2) is 0 Å². The molecule has 0 radical (unpaired) electrons. The van der Waals surface area contributed by atoms with Crippen LogP contribution >= 0.6 is 0 Å². The fourth-order valence-corrected chi connectivity index (χ4v) is 2.81. The molecule has 0 aromatic carbocycles. The van der Waals surface area contributed by atoms with Crippen molar-refractivity contribution in [3.63, 3.8) is 0 Å². The van der Waals surface area contributed by atoms with E-state index in [1.54, 1.807) is 0 Å². The lowest BCUT2D eigenvalue weighted by atomic mass is 9.98. The van der Waals surface area contributed by atoms with Gasteiger partial charge in [0.1, 0.15) is 17.5 Å². The fraction of sp³-hybridized carbons (Fsp3) is 0.750. The summed E-state index contributed by atoms with van der Waals surface area (Å²) in [6.45, 7) is 10.8. The number of nitrogens with one attached hydrogen (secondary N) is 1. The van der Waals surface area contributed by atoms with Crippen LogP contribution < -0.4 is 10.2 Å². The van der Waals surface area contributed by atoms with E-state index in [1.165, 1.54) is 0 Å². The summed E-state index contributed by atoms with van der Waals surface area (Å²) in [6, 6.07) is 0. The zero-order valence-electron chi connectivity index (χ0n) is 13.7. The molecule has 1 aromatic rings. The standard InChI is InChI=1S/C16H28N4O/c1-5-9-17-14-12(2)15(19-13(3)18-14)20-10-6-7-16(4,21)8-11-20/h21H,5-11H2,1-4H3,(H,17,18,19). The summed E-state index contributed by atoms with van der Waals surface area (Å²) < 4.78 is 0. The molecule has 2 heterocycles. The van der Waals surface area contributed by atoms with Crippen molar-refractivity contribution in [2.45, 2.75) is 59.0 Å². The van der Waals surface area contributed by atoms with Crippen LogP contribution in [0.25, 0.3) is 0 Å². The van der Waals surface area contributed by atoms with Crippen molar-refractivity contribution in [2.24, 2.45) is 0 Å². The first-order chi connectivity index (χ1) is 9.93. The van der Waals surface area contributed by atoms with Crippen LogP contribution in [0.2, 0.25) is 0 Å². The zero-order chi connectivity index (χ0) is 15.5. The highest BCUT2D eigenvalue weighted by Gasteiger charge is 2.26. The van der Waals surface area contributed by atoms with E-state index >= 15 is 0 Å². The number of aliphatic hydroxyl groups is 1. The topological polar surface area (TPSA) is 61.3 Å². The van der Waals surface area contributed by atoms with E-state index in [0.717, 1.165) is 68.3 Å². The summed E-state index contributed by atoms with van der Waals surface area (Å²) in [4.78, 5) is 11.5. The van der Waals surface area contributed by atoms with Gasteiger partial charge in [-0.3, -0.25) is 0 Å². The Kier molecular flexibility index (Phi) is 5.04. The van der Waals surface area contributed by atoms with Gasteiger partial charge in [0.25, 0.3) is 0 Å². The number of aromatic nitrogens is 2. The molecule has 1 aliphatic rings. The van der Waals surface area contributed by atoms with Gasteiger partial charge in [-0.2, -0.15) is 0 Å². The van der Waals surface area contributed by atoms with Crippen molar-refractivity contribution in [2.75, 3.05) is 29.9 Å². The molecule has 2 N–H and O–H groups in total. The lowest BCUT2D eigenvalue weighted by Gasteiger charge is -2.25. The smallest absolute Gasteiger partial charge is 0.137 e. The zero-order valence-corrected chi connectivity index (χ0v) is 13.7. The van der Waals surface area contributed by atoms with Crippen molar-refractivity contribution < 1.29 is 5.11 Å². The van der Waals surface area contributed by atoms with Crippen LogP contribution in [0.4, 0.5) is 11.6 Å². The molecule has 118 valence electrons. The van der Waals surface area contributed by atoms with Gasteiger partial charge in [0.05, 0.1) is 5.60 Å². The number of hydrogen-bond donors (Lipinski definition) is 2. The lowest BCUT2D eigenvalue weighted by Crippen LogP contribution is -2.29. The van der Waals surface area contributed by atoms with Gasteiger partial charge in [0, 0.05) is 25.2 Å². The molecule has 5 nitrogen and oxygen atoms in total. The summed E-state index contributed by atoms with van der Waals surface area (Å²) in [5, 5.41) is 13.6. The minimum Gasteiger partial charge on any atom is -0.390 e. The maximum absolute atomic E-state index is 10.2. The highest BCUT2D eigenvalue weighted by molar-refractivity contribution is 5.58. The van der Waals surface area contributed by atoms with Crippen LogP contribution in [0.1, 0.15) is 50.9 Å². The van der Waals surface area contributed by atoms with Gasteiger partial charge in [0.2, 0.25) is 0 Å². The molecule has 21 heavy (non-hydrogen) atoms. The molecule has 1 unspecified atom stereocenters. The molecule has 0 bridgehead atoms. The summed E-state index contributed by atoms with van der Waals surface area (Å²) in [6.07, 6.45) is 3.71. The second kappa shape index (κ2) is 6.60. The SMILES string of the molecule is CCCNc1nc(C)nc(N2CCCC(C)(O)CC2)c1C. The highest BCUT2D eigenvalue weighted by Crippen LogP contribution is 2.28. The molecule has 0 amide bonds. The third-order valence-electron chi connectivity index (χ3n) is 4.14. The molecule has 2 rings (SSSR count). The first-order valence-corrected chi connectivity index (χ1v) is 7.99. The van der Waals surface area contributed by atoms with Crippen LogP contribution in [0, 0.1) is 13.8 Å². The Balaban J connectivity index is 2.24. The predicted octanol–water partition coefficient (Wildman–Crippen LogP) is 2.66. The molecular formula is C16H28N4O. The Morgan fingerprint density at radius 3 is 2.71 bits per heavy atom. The second-order valence-corrected chi connectivity index (χ2v) is 6.33. The lowest BCUT2D eigenvalue weighted by molar-refractivity contribution is 0.0481. The second-order valence-electron chi connectivity index (χ2n) is 6.33. The van der Waals surface area contributed by atoms with Crippen LogP contribution in [-0.2, 0) is 0 Å². The fourth-order valence-electron chi connectivity index (χ4n) is 2.81. The van der Waals surface area contributed by atoms with E-state index in [4.69, 9.17) is 0 Å². The molecule has 1 saturated heterocycles. The van der Waals surface area contributed by atoms with Crippen LogP contribution in [-0.4, -0.2) is 40.3 Å². The van der Waals surface area contributed by atoms with Crippen molar-refractivity contribution in [1.82, 2.24) is 9.97 Å². The van der Waals surface area contributed by atoms with Gasteiger partial charge in [-0.15, -0.1) is 0 Å². The summed E-state index contributed by atoms with van der Waals surface area (Å²) >= 11 is 0. The van der Waals surface area contributed by atoms with Crippen LogP contribution in [0.15, 0.2) is 0 Å². The van der Waals surface area contributed by atoms with E-state index in [2.05, 4.69) is 34.0 Å². The van der Waals surface area contributed by atoms with E-state index < -0.39 is 5.60 Å². The minimum atomic E-state index is -0.548. The average Bonchev–Trinajstić information content (AvgIpc) is 2.60. The Bertz CT molecular complexity index is 487. The summed E-state index contributed by atoms with van der Waals surface area (Å²) in [5.74, 6) is 2.75. The molecule has 1 atom stereocenters. The number of anilines is 2. The molecule has 0 spiro atoms. The van der Waals surface area contributed by atoms with Gasteiger partial charge in [-0.1, -0.05) is 6.92 Å². The van der Waals surface area contributed by atoms with Gasteiger partial charge >= 0.3 is 0 Å². The van der Waals surface area contributed by atoms with E-state index in [-0.39, 0.29) is 0 Å². The predicted molar refractivity (Wildman–Crippen MR) is 87.0 cm³/mol. The van der Waals surface area contributed by atoms with Gasteiger partial charge in [-0.25, -0.2) is 9.97 Å². The van der Waals surface area contributed by atoms with Crippen molar-refractivity contribution in [3.05, 3.63) is 11.4 Å². The third kappa shape index (κ3) is 4.06. The van der Waals surface area contributed by atoms with E-state index in [0.29, 0.717) is 0 Å². The van der Waals surface area contributed by atoms with Crippen molar-refractivity contribution in [1.29, 1.82) is 0 Å². The minimum absolute atomic E-state index is 0.548. The van der Waals surface area contributed by atoms with E-state index in [1.807, 2.05) is 13.8 Å². The molecule has 0 saturated carbocycles. The quantitative estimate of drug-likeness (QED) is 0.893. The Morgan fingerprint density at radius 1 is 1.24 bits per heavy atom. The normalized spacial score (nSPS) is 23.0. The molecule has 1 aromatic heterocycles. The van der Waals surface area contributed by atoms with Gasteiger partial charge in [-0.05, 0) is 46.5 Å². The number of rotatable bonds is 4. The summed E-state index contributed by atoms with van der Waals surface area (Å²) in [7, 11) is 0. The average molecular weight is 292 g/mol. The number of aryl methyl sites for hydroxylation is 1. The maximum Gasteiger partial charge on any atom is 0.137 e. The highest BCUT2D eigenvalue weighted by atomic mass is 16.3.